The van der Waals surface area contributed by atoms with Crippen LogP contribution < -0.4 is 20.1 Å². The summed E-state index contributed by atoms with van der Waals surface area (Å²) < 4.78 is 10.5. The number of benzene rings is 2. The van der Waals surface area contributed by atoms with Gasteiger partial charge in [0.2, 0.25) is 0 Å². The average Bonchev–Trinajstić information content (AvgIpc) is 3.46. The van der Waals surface area contributed by atoms with E-state index in [4.69, 9.17) is 21.1 Å². The van der Waals surface area contributed by atoms with Gasteiger partial charge in [0, 0.05) is 23.5 Å². The molecular formula is C20H23ClN2O3. The Morgan fingerprint density at radius 3 is 2.35 bits per heavy atom. The highest BCUT2D eigenvalue weighted by molar-refractivity contribution is 6.30. The van der Waals surface area contributed by atoms with Crippen LogP contribution in [0.15, 0.2) is 42.5 Å². The third-order valence-electron chi connectivity index (χ3n) is 4.80. The van der Waals surface area contributed by atoms with Crippen molar-refractivity contribution in [1.29, 1.82) is 0 Å². The maximum absolute atomic E-state index is 12.2. The number of urea groups is 1. The van der Waals surface area contributed by atoms with Crippen molar-refractivity contribution in [1.82, 2.24) is 10.6 Å². The molecule has 26 heavy (non-hydrogen) atoms. The van der Waals surface area contributed by atoms with Crippen molar-refractivity contribution in [3.63, 3.8) is 0 Å². The lowest BCUT2D eigenvalue weighted by molar-refractivity contribution is 0.239. The van der Waals surface area contributed by atoms with E-state index in [1.165, 1.54) is 5.56 Å². The first-order valence-corrected chi connectivity index (χ1v) is 8.93. The maximum Gasteiger partial charge on any atom is 0.315 e. The van der Waals surface area contributed by atoms with Gasteiger partial charge in [-0.15, -0.1) is 0 Å². The van der Waals surface area contributed by atoms with Crippen molar-refractivity contribution < 1.29 is 14.3 Å². The van der Waals surface area contributed by atoms with Crippen LogP contribution >= 0.6 is 11.6 Å². The lowest BCUT2D eigenvalue weighted by Crippen LogP contribution is -2.39. The number of halogens is 1. The number of carbonyl (C=O) groups excluding carboxylic acids is 1. The van der Waals surface area contributed by atoms with Crippen molar-refractivity contribution in [2.75, 3.05) is 20.8 Å². The van der Waals surface area contributed by atoms with E-state index in [1.54, 1.807) is 14.2 Å². The zero-order chi connectivity index (χ0) is 18.6. The number of hydrogen-bond donors (Lipinski definition) is 2. The summed E-state index contributed by atoms with van der Waals surface area (Å²) in [4.78, 5) is 12.2. The van der Waals surface area contributed by atoms with Crippen LogP contribution in [0.2, 0.25) is 5.02 Å². The van der Waals surface area contributed by atoms with Gasteiger partial charge in [0.25, 0.3) is 0 Å². The van der Waals surface area contributed by atoms with Crippen LogP contribution in [0.1, 0.15) is 24.0 Å². The van der Waals surface area contributed by atoms with Gasteiger partial charge in [-0.1, -0.05) is 29.8 Å². The van der Waals surface area contributed by atoms with E-state index in [-0.39, 0.29) is 11.4 Å². The lowest BCUT2D eigenvalue weighted by atomic mass is 9.96. The molecule has 2 N–H and O–H groups in total. The number of hydrogen-bond acceptors (Lipinski definition) is 3. The van der Waals surface area contributed by atoms with Gasteiger partial charge in [0.15, 0.2) is 11.5 Å². The summed E-state index contributed by atoms with van der Waals surface area (Å²) in [5, 5.41) is 6.59. The topological polar surface area (TPSA) is 59.6 Å². The van der Waals surface area contributed by atoms with Gasteiger partial charge in [0.05, 0.1) is 14.2 Å². The predicted molar refractivity (Wildman–Crippen MR) is 102 cm³/mol. The summed E-state index contributed by atoms with van der Waals surface area (Å²) in [5.41, 5.74) is 2.21. The Hall–Kier alpha value is -2.40. The molecule has 5 nitrogen and oxygen atoms in total. The first-order chi connectivity index (χ1) is 12.6. The molecule has 1 aliphatic carbocycles. The summed E-state index contributed by atoms with van der Waals surface area (Å²) >= 11 is 5.95. The van der Waals surface area contributed by atoms with E-state index in [0.29, 0.717) is 24.6 Å². The molecule has 0 bridgehead atoms. The Balaban J connectivity index is 1.51. The molecule has 0 atom stereocenters. The fraction of sp³-hybridized carbons (Fsp3) is 0.350. The van der Waals surface area contributed by atoms with Crippen molar-refractivity contribution in [3.05, 3.63) is 58.6 Å². The molecule has 2 aromatic carbocycles. The number of ether oxygens (including phenoxy) is 2. The first-order valence-electron chi connectivity index (χ1n) is 8.55. The second-order valence-electron chi connectivity index (χ2n) is 6.51. The molecule has 1 aliphatic rings. The monoisotopic (exact) mass is 374 g/mol. The van der Waals surface area contributed by atoms with E-state index in [2.05, 4.69) is 10.6 Å². The molecule has 138 valence electrons. The van der Waals surface area contributed by atoms with Gasteiger partial charge in [-0.2, -0.15) is 0 Å². The number of amides is 2. The zero-order valence-electron chi connectivity index (χ0n) is 15.0. The zero-order valence-corrected chi connectivity index (χ0v) is 15.7. The van der Waals surface area contributed by atoms with Gasteiger partial charge < -0.3 is 20.1 Å². The molecule has 6 heteroatoms. The van der Waals surface area contributed by atoms with Crippen LogP contribution in [-0.2, 0) is 12.0 Å². The third kappa shape index (κ3) is 4.22. The second-order valence-corrected chi connectivity index (χ2v) is 6.95. The van der Waals surface area contributed by atoms with Gasteiger partial charge in [0.1, 0.15) is 0 Å². The number of nitrogens with one attached hydrogen (secondary N) is 2. The van der Waals surface area contributed by atoms with Crippen LogP contribution in [0.25, 0.3) is 0 Å². The van der Waals surface area contributed by atoms with Crippen LogP contribution in [-0.4, -0.2) is 26.8 Å². The van der Waals surface area contributed by atoms with Gasteiger partial charge in [-0.3, -0.25) is 0 Å². The minimum atomic E-state index is -0.181. The largest absolute Gasteiger partial charge is 0.493 e. The molecule has 0 aromatic heterocycles. The van der Waals surface area contributed by atoms with Gasteiger partial charge in [-0.25, -0.2) is 4.79 Å². The molecule has 0 heterocycles. The minimum Gasteiger partial charge on any atom is -0.493 e. The summed E-state index contributed by atoms with van der Waals surface area (Å²) in [5.74, 6) is 1.31. The summed E-state index contributed by atoms with van der Waals surface area (Å²) in [7, 11) is 3.19. The Bertz CT molecular complexity index is 773. The Kier molecular flexibility index (Phi) is 5.57. The highest BCUT2D eigenvalue weighted by Crippen LogP contribution is 2.47. The van der Waals surface area contributed by atoms with Crippen molar-refractivity contribution >= 4 is 17.6 Å². The fourth-order valence-electron chi connectivity index (χ4n) is 3.01. The van der Waals surface area contributed by atoms with Crippen molar-refractivity contribution in [2.45, 2.75) is 24.8 Å². The van der Waals surface area contributed by atoms with E-state index in [0.717, 1.165) is 23.4 Å². The highest BCUT2D eigenvalue weighted by Gasteiger charge is 2.44. The summed E-state index contributed by atoms with van der Waals surface area (Å²) in [6.07, 6.45) is 2.15. The molecule has 0 spiro atoms. The fourth-order valence-corrected chi connectivity index (χ4v) is 3.13. The molecule has 0 aliphatic heterocycles. The van der Waals surface area contributed by atoms with Crippen LogP contribution in [0.3, 0.4) is 0 Å². The normalized spacial score (nSPS) is 14.4. The second kappa shape index (κ2) is 7.87. The molecule has 2 amide bonds. The van der Waals surface area contributed by atoms with E-state index in [1.807, 2.05) is 42.5 Å². The summed E-state index contributed by atoms with van der Waals surface area (Å²) in [6.45, 7) is 1.03. The van der Waals surface area contributed by atoms with Crippen LogP contribution in [0.5, 0.6) is 11.5 Å². The predicted octanol–water partition coefficient (Wildman–Crippen LogP) is 3.89. The molecule has 2 aromatic rings. The van der Waals surface area contributed by atoms with E-state index < -0.39 is 0 Å². The highest BCUT2D eigenvalue weighted by atomic mass is 35.5. The molecule has 1 fully saturated rings. The molecule has 3 rings (SSSR count). The van der Waals surface area contributed by atoms with Gasteiger partial charge >= 0.3 is 6.03 Å². The number of carbonyl (C=O) groups is 1. The van der Waals surface area contributed by atoms with E-state index >= 15 is 0 Å². The Labute approximate surface area is 158 Å². The maximum atomic E-state index is 12.2. The van der Waals surface area contributed by atoms with Crippen molar-refractivity contribution in [2.24, 2.45) is 0 Å². The Morgan fingerprint density at radius 1 is 1.04 bits per heavy atom. The molecule has 0 unspecified atom stereocenters. The number of methoxy groups -OCH3 is 2. The minimum absolute atomic E-state index is 0.0469. The Morgan fingerprint density at radius 2 is 1.73 bits per heavy atom. The quantitative estimate of drug-likeness (QED) is 0.773. The van der Waals surface area contributed by atoms with Crippen LogP contribution in [0.4, 0.5) is 4.79 Å². The smallest absolute Gasteiger partial charge is 0.315 e. The molecule has 0 saturated heterocycles. The summed E-state index contributed by atoms with van der Waals surface area (Å²) in [6, 6.07) is 13.3. The lowest BCUT2D eigenvalue weighted by Gasteiger charge is -2.17. The first kappa shape index (κ1) is 18.4. The van der Waals surface area contributed by atoms with Gasteiger partial charge in [-0.05, 0) is 48.2 Å². The molecule has 1 saturated carbocycles. The van der Waals surface area contributed by atoms with E-state index in [9.17, 15) is 4.79 Å². The third-order valence-corrected chi connectivity index (χ3v) is 5.05. The molecule has 0 radical (unpaired) electrons. The van der Waals surface area contributed by atoms with Crippen molar-refractivity contribution in [3.8, 4) is 11.5 Å². The standard InChI is InChI=1S/C20H23ClN2O3/c1-25-17-8-3-14(11-18(17)26-2)12-22-19(24)23-13-20(9-10-20)15-4-6-16(21)7-5-15/h3-8,11H,9-10,12-13H2,1-2H3,(H2,22,23,24). The average molecular weight is 375 g/mol. The number of rotatable bonds is 7. The SMILES string of the molecule is COc1ccc(CNC(=O)NCC2(c3ccc(Cl)cc3)CC2)cc1OC. The molecular weight excluding hydrogens is 352 g/mol. The van der Waals surface area contributed by atoms with Crippen LogP contribution in [0, 0.1) is 0 Å².